The van der Waals surface area contributed by atoms with Crippen molar-refractivity contribution >= 4 is 0 Å². The van der Waals surface area contributed by atoms with E-state index in [1.807, 2.05) is 19.1 Å². The molecule has 1 aromatic carbocycles. The summed E-state index contributed by atoms with van der Waals surface area (Å²) in [5.74, 6) is 2.12. The van der Waals surface area contributed by atoms with Crippen molar-refractivity contribution in [1.82, 2.24) is 0 Å². The second kappa shape index (κ2) is 5.39. The Kier molecular flexibility index (Phi) is 3.66. The molecule has 92 valence electrons. The molecule has 2 aromatic rings. The molecule has 1 atom stereocenters. The van der Waals surface area contributed by atoms with Gasteiger partial charge in [0.15, 0.2) is 6.10 Å². The third-order valence-corrected chi connectivity index (χ3v) is 2.53. The number of hydrogen-bond acceptors (Lipinski definition) is 4. The number of benzene rings is 1. The van der Waals surface area contributed by atoms with E-state index < -0.39 is 0 Å². The fraction of sp³-hybridized carbons (Fsp3) is 0.214. The molecule has 0 radical (unpaired) electrons. The van der Waals surface area contributed by atoms with Crippen LogP contribution in [0.25, 0.3) is 0 Å². The largest absolute Gasteiger partial charge is 0.481 e. The average molecular weight is 242 g/mol. The van der Waals surface area contributed by atoms with Gasteiger partial charge in [0.25, 0.3) is 0 Å². The minimum absolute atomic E-state index is 0.309. The third-order valence-electron chi connectivity index (χ3n) is 2.53. The molecule has 0 aliphatic rings. The van der Waals surface area contributed by atoms with Gasteiger partial charge < -0.3 is 14.9 Å². The zero-order chi connectivity index (χ0) is 13.0. The molecule has 0 saturated heterocycles. The summed E-state index contributed by atoms with van der Waals surface area (Å²) >= 11 is 0. The molecule has 4 heteroatoms. The van der Waals surface area contributed by atoms with Crippen LogP contribution >= 0.6 is 0 Å². The van der Waals surface area contributed by atoms with Crippen molar-refractivity contribution in [3.05, 3.63) is 53.5 Å². The van der Waals surface area contributed by atoms with Crippen molar-refractivity contribution in [1.29, 1.82) is 5.26 Å². The summed E-state index contributed by atoms with van der Waals surface area (Å²) in [7, 11) is 0. The number of rotatable bonds is 4. The number of furan rings is 1. The summed E-state index contributed by atoms with van der Waals surface area (Å²) in [5, 5.41) is 8.82. The minimum atomic E-state index is -0.340. The maximum absolute atomic E-state index is 8.82. The van der Waals surface area contributed by atoms with Crippen LogP contribution in [-0.4, -0.2) is 6.54 Å². The van der Waals surface area contributed by atoms with Gasteiger partial charge >= 0.3 is 0 Å². The zero-order valence-electron chi connectivity index (χ0n) is 10.1. The van der Waals surface area contributed by atoms with Gasteiger partial charge in [0.05, 0.1) is 11.6 Å². The molecule has 0 saturated carbocycles. The van der Waals surface area contributed by atoms with E-state index in [-0.39, 0.29) is 6.10 Å². The highest BCUT2D eigenvalue weighted by Crippen LogP contribution is 2.23. The first-order valence-corrected chi connectivity index (χ1v) is 5.66. The SMILES string of the molecule is Cc1ccc(C(CN)Oc2cccc(C#N)c2)o1. The number of aryl methyl sites for hydroxylation is 1. The molecule has 2 N–H and O–H groups in total. The van der Waals surface area contributed by atoms with Crippen LogP contribution in [0.1, 0.15) is 23.2 Å². The molecule has 0 aliphatic carbocycles. The fourth-order valence-corrected chi connectivity index (χ4v) is 1.65. The molecule has 1 aromatic heterocycles. The number of nitrogens with two attached hydrogens (primary N) is 1. The first-order valence-electron chi connectivity index (χ1n) is 5.66. The van der Waals surface area contributed by atoms with E-state index in [0.29, 0.717) is 23.6 Å². The molecule has 0 bridgehead atoms. The Morgan fingerprint density at radius 1 is 1.39 bits per heavy atom. The number of nitriles is 1. The summed E-state index contributed by atoms with van der Waals surface area (Å²) in [4.78, 5) is 0. The van der Waals surface area contributed by atoms with E-state index in [0.717, 1.165) is 5.76 Å². The van der Waals surface area contributed by atoms with E-state index in [9.17, 15) is 0 Å². The number of ether oxygens (including phenoxy) is 1. The smallest absolute Gasteiger partial charge is 0.168 e. The summed E-state index contributed by atoms with van der Waals surface area (Å²) in [6.07, 6.45) is -0.340. The van der Waals surface area contributed by atoms with E-state index >= 15 is 0 Å². The maximum atomic E-state index is 8.82. The van der Waals surface area contributed by atoms with Gasteiger partial charge in [0, 0.05) is 6.54 Å². The molecule has 0 spiro atoms. The Hall–Kier alpha value is -2.25. The van der Waals surface area contributed by atoms with Crippen LogP contribution < -0.4 is 10.5 Å². The van der Waals surface area contributed by atoms with Gasteiger partial charge in [-0.05, 0) is 37.3 Å². The van der Waals surface area contributed by atoms with Crippen molar-refractivity contribution in [3.8, 4) is 11.8 Å². The van der Waals surface area contributed by atoms with Gasteiger partial charge in [-0.25, -0.2) is 0 Å². The number of nitrogens with zero attached hydrogens (tertiary/aromatic N) is 1. The predicted octanol–water partition coefficient (Wildman–Crippen LogP) is 2.54. The predicted molar refractivity (Wildman–Crippen MR) is 67.0 cm³/mol. The van der Waals surface area contributed by atoms with E-state index in [1.165, 1.54) is 0 Å². The Morgan fingerprint density at radius 3 is 2.83 bits per heavy atom. The topological polar surface area (TPSA) is 72.2 Å². The van der Waals surface area contributed by atoms with E-state index in [2.05, 4.69) is 6.07 Å². The van der Waals surface area contributed by atoms with Crippen LogP contribution in [0.4, 0.5) is 0 Å². The van der Waals surface area contributed by atoms with E-state index in [4.69, 9.17) is 20.1 Å². The van der Waals surface area contributed by atoms with Crippen LogP contribution in [0, 0.1) is 18.3 Å². The van der Waals surface area contributed by atoms with Gasteiger partial charge in [-0.1, -0.05) is 6.07 Å². The first kappa shape index (κ1) is 12.2. The molecule has 1 heterocycles. The van der Waals surface area contributed by atoms with Gasteiger partial charge in [-0.15, -0.1) is 0 Å². The van der Waals surface area contributed by atoms with Crippen LogP contribution in [-0.2, 0) is 0 Å². The highest BCUT2D eigenvalue weighted by Gasteiger charge is 2.15. The normalized spacial score (nSPS) is 11.8. The van der Waals surface area contributed by atoms with Gasteiger partial charge in [-0.3, -0.25) is 0 Å². The molecule has 1 unspecified atom stereocenters. The van der Waals surface area contributed by atoms with E-state index in [1.54, 1.807) is 24.3 Å². The Morgan fingerprint density at radius 2 is 2.22 bits per heavy atom. The highest BCUT2D eigenvalue weighted by atomic mass is 16.5. The molecule has 0 amide bonds. The summed E-state index contributed by atoms with van der Waals surface area (Å²) in [6.45, 7) is 2.18. The van der Waals surface area contributed by atoms with Crippen LogP contribution in [0.15, 0.2) is 40.8 Å². The molecule has 0 aliphatic heterocycles. The van der Waals surface area contributed by atoms with Crippen molar-refractivity contribution in [2.24, 2.45) is 5.73 Å². The Balaban J connectivity index is 2.18. The molecular formula is C14H14N2O2. The Labute approximate surface area is 106 Å². The van der Waals surface area contributed by atoms with Crippen molar-refractivity contribution in [2.45, 2.75) is 13.0 Å². The van der Waals surface area contributed by atoms with Gasteiger partial charge in [0.2, 0.25) is 0 Å². The van der Waals surface area contributed by atoms with Crippen LogP contribution in [0.5, 0.6) is 5.75 Å². The molecular weight excluding hydrogens is 228 g/mol. The van der Waals surface area contributed by atoms with Crippen molar-refractivity contribution in [2.75, 3.05) is 6.54 Å². The number of hydrogen-bond donors (Lipinski definition) is 1. The monoisotopic (exact) mass is 242 g/mol. The maximum Gasteiger partial charge on any atom is 0.168 e. The summed E-state index contributed by atoms with van der Waals surface area (Å²) in [6, 6.07) is 12.8. The zero-order valence-corrected chi connectivity index (χ0v) is 10.1. The third kappa shape index (κ3) is 2.70. The van der Waals surface area contributed by atoms with Gasteiger partial charge in [-0.2, -0.15) is 5.26 Å². The minimum Gasteiger partial charge on any atom is -0.481 e. The van der Waals surface area contributed by atoms with Crippen LogP contribution in [0.3, 0.4) is 0 Å². The molecule has 2 rings (SSSR count). The molecule has 0 fully saturated rings. The lowest BCUT2D eigenvalue weighted by molar-refractivity contribution is 0.182. The second-order valence-electron chi connectivity index (χ2n) is 3.93. The quantitative estimate of drug-likeness (QED) is 0.894. The van der Waals surface area contributed by atoms with Gasteiger partial charge in [0.1, 0.15) is 17.3 Å². The lowest BCUT2D eigenvalue weighted by Gasteiger charge is -2.15. The lowest BCUT2D eigenvalue weighted by atomic mass is 10.2. The second-order valence-corrected chi connectivity index (χ2v) is 3.93. The standard InChI is InChI=1S/C14H14N2O2/c1-10-5-6-13(17-10)14(9-16)18-12-4-2-3-11(7-12)8-15/h2-7,14H,9,16H2,1H3. The van der Waals surface area contributed by atoms with Crippen LogP contribution in [0.2, 0.25) is 0 Å². The highest BCUT2D eigenvalue weighted by molar-refractivity contribution is 5.36. The average Bonchev–Trinajstić information content (AvgIpc) is 2.82. The molecule has 4 nitrogen and oxygen atoms in total. The fourth-order valence-electron chi connectivity index (χ4n) is 1.65. The molecule has 18 heavy (non-hydrogen) atoms. The van der Waals surface area contributed by atoms with Crippen molar-refractivity contribution < 1.29 is 9.15 Å². The first-order chi connectivity index (χ1) is 8.72. The summed E-state index contributed by atoms with van der Waals surface area (Å²) in [5.41, 5.74) is 6.24. The lowest BCUT2D eigenvalue weighted by Crippen LogP contribution is -2.17. The summed E-state index contributed by atoms with van der Waals surface area (Å²) < 4.78 is 11.2. The van der Waals surface area contributed by atoms with Crippen molar-refractivity contribution in [3.63, 3.8) is 0 Å². The Bertz CT molecular complexity index is 569.